The minimum atomic E-state index is -0.290. The van der Waals surface area contributed by atoms with Gasteiger partial charge in [-0.05, 0) is 38.7 Å². The van der Waals surface area contributed by atoms with Crippen molar-refractivity contribution in [3.8, 4) is 0 Å². The predicted octanol–water partition coefficient (Wildman–Crippen LogP) is 3.39. The summed E-state index contributed by atoms with van der Waals surface area (Å²) in [5, 5.41) is 0. The van der Waals surface area contributed by atoms with E-state index in [1.165, 1.54) is 6.08 Å². The fraction of sp³-hybridized carbons (Fsp3) is 0.467. The zero-order chi connectivity index (χ0) is 13.2. The van der Waals surface area contributed by atoms with Crippen LogP contribution in [0.2, 0.25) is 0 Å². The fourth-order valence-electron chi connectivity index (χ4n) is 1.89. The van der Waals surface area contributed by atoms with E-state index in [0.717, 1.165) is 6.42 Å². The molecule has 1 aliphatic carbocycles. The second-order valence-electron chi connectivity index (χ2n) is 5.16. The lowest BCUT2D eigenvalue weighted by molar-refractivity contribution is -0.116. The molecule has 0 radical (unpaired) electrons. The number of carbonyl (C=O) groups excluding carboxylic acids is 2. The van der Waals surface area contributed by atoms with Gasteiger partial charge in [-0.25, -0.2) is 0 Å². The van der Waals surface area contributed by atoms with E-state index >= 15 is 0 Å². The Morgan fingerprint density at radius 1 is 1.18 bits per heavy atom. The highest BCUT2D eigenvalue weighted by atomic mass is 16.1. The maximum Gasteiger partial charge on any atom is 0.185 e. The van der Waals surface area contributed by atoms with Crippen molar-refractivity contribution in [3.05, 3.63) is 34.9 Å². The molecule has 0 saturated carbocycles. The minimum absolute atomic E-state index is 0.0107. The summed E-state index contributed by atoms with van der Waals surface area (Å²) in [7, 11) is 0. The molecular weight excluding hydrogens is 212 g/mol. The molecule has 1 rings (SSSR count). The van der Waals surface area contributed by atoms with Crippen LogP contribution in [0.3, 0.4) is 0 Å². The fourth-order valence-corrected chi connectivity index (χ4v) is 1.89. The molecule has 1 aliphatic rings. The number of ketones is 2. The van der Waals surface area contributed by atoms with Gasteiger partial charge in [0.1, 0.15) is 0 Å². The van der Waals surface area contributed by atoms with Crippen LogP contribution in [0, 0.1) is 5.41 Å². The summed E-state index contributed by atoms with van der Waals surface area (Å²) >= 11 is 0. The van der Waals surface area contributed by atoms with Gasteiger partial charge in [0, 0.05) is 16.7 Å². The number of allylic oxidation sites excluding steroid dienone is 6. The summed E-state index contributed by atoms with van der Waals surface area (Å²) in [5.41, 5.74) is 1.49. The first-order valence-corrected chi connectivity index (χ1v) is 5.91. The van der Waals surface area contributed by atoms with Crippen LogP contribution in [0.4, 0.5) is 0 Å². The van der Waals surface area contributed by atoms with E-state index in [1.54, 1.807) is 13.8 Å². The molecule has 0 bridgehead atoms. The van der Waals surface area contributed by atoms with Crippen molar-refractivity contribution in [2.75, 3.05) is 0 Å². The van der Waals surface area contributed by atoms with Crippen LogP contribution < -0.4 is 0 Å². The lowest BCUT2D eigenvalue weighted by atomic mass is 9.74. The van der Waals surface area contributed by atoms with Crippen molar-refractivity contribution in [3.63, 3.8) is 0 Å². The van der Waals surface area contributed by atoms with Crippen LogP contribution >= 0.6 is 0 Å². The van der Waals surface area contributed by atoms with Crippen molar-refractivity contribution >= 4 is 11.6 Å². The molecule has 0 unspecified atom stereocenters. The number of hydrogen-bond acceptors (Lipinski definition) is 2. The Morgan fingerprint density at radius 3 is 2.29 bits per heavy atom. The Morgan fingerprint density at radius 2 is 1.76 bits per heavy atom. The maximum atomic E-state index is 12.2. The molecule has 0 saturated heterocycles. The first kappa shape index (κ1) is 13.6. The van der Waals surface area contributed by atoms with Gasteiger partial charge in [0.05, 0.1) is 0 Å². The SMILES string of the molecule is C/C=C\CC(C)(C)C1=CC(=O)C(C)=C(C)C1=O. The van der Waals surface area contributed by atoms with Crippen molar-refractivity contribution < 1.29 is 9.59 Å². The lowest BCUT2D eigenvalue weighted by Gasteiger charge is -2.28. The molecule has 0 atom stereocenters. The van der Waals surface area contributed by atoms with E-state index < -0.39 is 0 Å². The highest BCUT2D eigenvalue weighted by molar-refractivity contribution is 6.22. The molecule has 0 fully saturated rings. The second kappa shape index (κ2) is 4.82. The summed E-state index contributed by atoms with van der Waals surface area (Å²) in [4.78, 5) is 24.0. The van der Waals surface area contributed by atoms with Gasteiger partial charge in [0.15, 0.2) is 11.6 Å². The Hall–Kier alpha value is -1.44. The van der Waals surface area contributed by atoms with Gasteiger partial charge in [-0.15, -0.1) is 0 Å². The maximum absolute atomic E-state index is 12.2. The molecule has 0 aromatic carbocycles. The van der Waals surface area contributed by atoms with Gasteiger partial charge in [0.25, 0.3) is 0 Å². The van der Waals surface area contributed by atoms with E-state index in [9.17, 15) is 9.59 Å². The van der Waals surface area contributed by atoms with Crippen LogP contribution in [-0.4, -0.2) is 11.6 Å². The zero-order valence-corrected chi connectivity index (χ0v) is 11.3. The quantitative estimate of drug-likeness (QED) is 0.552. The Kier molecular flexibility index (Phi) is 3.87. The largest absolute Gasteiger partial charge is 0.290 e. The summed E-state index contributed by atoms with van der Waals surface area (Å²) in [6.07, 6.45) is 6.26. The van der Waals surface area contributed by atoms with Crippen molar-refractivity contribution in [2.45, 2.75) is 41.0 Å². The molecule has 0 aliphatic heterocycles. The monoisotopic (exact) mass is 232 g/mol. The van der Waals surface area contributed by atoms with E-state index in [2.05, 4.69) is 0 Å². The molecule has 2 nitrogen and oxygen atoms in total. The van der Waals surface area contributed by atoms with Crippen LogP contribution in [0.15, 0.2) is 34.9 Å². The minimum Gasteiger partial charge on any atom is -0.290 e. The van der Waals surface area contributed by atoms with Gasteiger partial charge in [-0.3, -0.25) is 9.59 Å². The molecule has 0 heterocycles. The third kappa shape index (κ3) is 2.63. The van der Waals surface area contributed by atoms with E-state index in [-0.39, 0.29) is 17.0 Å². The molecule has 92 valence electrons. The normalized spacial score (nSPS) is 18.1. The molecule has 17 heavy (non-hydrogen) atoms. The van der Waals surface area contributed by atoms with Crippen molar-refractivity contribution in [2.24, 2.45) is 5.41 Å². The summed E-state index contributed by atoms with van der Waals surface area (Å²) in [6.45, 7) is 9.39. The highest BCUT2D eigenvalue weighted by Crippen LogP contribution is 2.35. The van der Waals surface area contributed by atoms with Crippen LogP contribution in [0.1, 0.15) is 41.0 Å². The van der Waals surface area contributed by atoms with Gasteiger partial charge in [0.2, 0.25) is 0 Å². The number of carbonyl (C=O) groups is 2. The smallest absolute Gasteiger partial charge is 0.185 e. The van der Waals surface area contributed by atoms with Crippen LogP contribution in [0.5, 0.6) is 0 Å². The number of Topliss-reactive ketones (excluding diaryl/α,β-unsaturated/α-hetero) is 1. The molecule has 0 aromatic rings. The Balaban J connectivity index is 3.12. The molecule has 2 heteroatoms. The molecule has 0 spiro atoms. The Labute approximate surface area is 103 Å². The van der Waals surface area contributed by atoms with Crippen LogP contribution in [-0.2, 0) is 9.59 Å². The van der Waals surface area contributed by atoms with E-state index in [0.29, 0.717) is 16.7 Å². The molecule has 0 aromatic heterocycles. The highest BCUT2D eigenvalue weighted by Gasteiger charge is 2.32. The topological polar surface area (TPSA) is 34.1 Å². The summed E-state index contributed by atoms with van der Waals surface area (Å²) in [6, 6.07) is 0. The number of rotatable bonds is 3. The van der Waals surface area contributed by atoms with Gasteiger partial charge in [-0.2, -0.15) is 0 Å². The predicted molar refractivity (Wildman–Crippen MR) is 69.7 cm³/mol. The number of hydrogen-bond donors (Lipinski definition) is 0. The van der Waals surface area contributed by atoms with Crippen molar-refractivity contribution in [1.82, 2.24) is 0 Å². The molecule has 0 N–H and O–H groups in total. The van der Waals surface area contributed by atoms with Crippen molar-refractivity contribution in [1.29, 1.82) is 0 Å². The molecular formula is C15H20O2. The Bertz CT molecular complexity index is 446. The van der Waals surface area contributed by atoms with Gasteiger partial charge in [-0.1, -0.05) is 26.0 Å². The molecule has 0 amide bonds. The first-order valence-electron chi connectivity index (χ1n) is 5.91. The zero-order valence-electron chi connectivity index (χ0n) is 11.3. The van der Waals surface area contributed by atoms with E-state index in [4.69, 9.17) is 0 Å². The standard InChI is InChI=1S/C15H20O2/c1-6-7-8-15(4,5)12-9-13(16)10(2)11(3)14(12)17/h6-7,9H,8H2,1-5H3/b7-6-. The van der Waals surface area contributed by atoms with Crippen LogP contribution in [0.25, 0.3) is 0 Å². The third-order valence-corrected chi connectivity index (χ3v) is 3.39. The lowest BCUT2D eigenvalue weighted by Crippen LogP contribution is -2.27. The average Bonchev–Trinajstić information content (AvgIpc) is 2.28. The average molecular weight is 232 g/mol. The first-order chi connectivity index (χ1) is 7.81. The third-order valence-electron chi connectivity index (χ3n) is 3.39. The van der Waals surface area contributed by atoms with Gasteiger partial charge < -0.3 is 0 Å². The van der Waals surface area contributed by atoms with E-state index in [1.807, 2.05) is 32.9 Å². The summed E-state index contributed by atoms with van der Waals surface area (Å²) < 4.78 is 0. The summed E-state index contributed by atoms with van der Waals surface area (Å²) in [5.74, 6) is -0.0257. The second-order valence-corrected chi connectivity index (χ2v) is 5.16. The van der Waals surface area contributed by atoms with Gasteiger partial charge >= 0.3 is 0 Å².